The lowest BCUT2D eigenvalue weighted by Gasteiger charge is -2.31. The third-order valence-electron chi connectivity index (χ3n) is 7.36. The van der Waals surface area contributed by atoms with Crippen LogP contribution in [0.3, 0.4) is 0 Å². The molecule has 1 aliphatic rings. The van der Waals surface area contributed by atoms with E-state index in [1.807, 2.05) is 0 Å². The van der Waals surface area contributed by atoms with E-state index in [1.165, 1.54) is 43.5 Å². The number of primary amides is 2. The van der Waals surface area contributed by atoms with Crippen LogP contribution in [0.1, 0.15) is 38.9 Å². The van der Waals surface area contributed by atoms with E-state index in [0.717, 1.165) is 24.3 Å². The van der Waals surface area contributed by atoms with Crippen LogP contribution in [0.25, 0.3) is 22.2 Å². The summed E-state index contributed by atoms with van der Waals surface area (Å²) in [6.45, 7) is -0.384. The van der Waals surface area contributed by atoms with E-state index in [-0.39, 0.29) is 45.8 Å². The molecular formula is C29H23F4N5O5. The Morgan fingerprint density at radius 2 is 1.79 bits per heavy atom. The number of amides is 3. The molecule has 0 bridgehead atoms. The summed E-state index contributed by atoms with van der Waals surface area (Å²) in [6.07, 6.45) is -4.01. The first-order valence-electron chi connectivity index (χ1n) is 12.7. The SMILES string of the molecule is C[C@]1(C(N)=O)COc2c1cc([C@@](O)(CNC(=O)c1cc(C(N)=O)c3ncccc3c1)C(F)(F)F)nc2-c1ccc(F)cc1. The highest BCUT2D eigenvalue weighted by molar-refractivity contribution is 6.08. The molecule has 0 spiro atoms. The summed E-state index contributed by atoms with van der Waals surface area (Å²) in [7, 11) is 0. The second kappa shape index (κ2) is 10.3. The molecule has 10 nitrogen and oxygen atoms in total. The average molecular weight is 598 g/mol. The van der Waals surface area contributed by atoms with E-state index in [0.29, 0.717) is 5.39 Å². The van der Waals surface area contributed by atoms with Crippen LogP contribution in [0.4, 0.5) is 17.6 Å². The summed E-state index contributed by atoms with van der Waals surface area (Å²) >= 11 is 0. The number of aliphatic hydroxyl groups is 1. The number of carbonyl (C=O) groups excluding carboxylic acids is 3. The van der Waals surface area contributed by atoms with Crippen molar-refractivity contribution in [3.8, 4) is 17.0 Å². The Bertz CT molecular complexity index is 1800. The topological polar surface area (TPSA) is 171 Å². The summed E-state index contributed by atoms with van der Waals surface area (Å²) in [5.41, 5.74) is 4.29. The standard InChI is InChI=1S/C29H23F4N5O5/c1-27(26(35)41)13-43-23-19(27)11-20(38-22(23)14-4-6-17(30)7-5-14)28(42,29(31,32)33)12-37-25(40)16-9-15-3-2-8-36-21(15)18(10-16)24(34)39/h2-11,42H,12-13H2,1H3,(H2,34,39)(H2,35,41)(H,37,40)/t27-,28-/m0/s1. The summed E-state index contributed by atoms with van der Waals surface area (Å²) < 4.78 is 63.1. The van der Waals surface area contributed by atoms with Gasteiger partial charge in [-0.05, 0) is 55.5 Å². The molecule has 0 aliphatic carbocycles. The van der Waals surface area contributed by atoms with Crippen molar-refractivity contribution in [3.63, 3.8) is 0 Å². The van der Waals surface area contributed by atoms with Crippen molar-refractivity contribution in [2.75, 3.05) is 13.2 Å². The van der Waals surface area contributed by atoms with Crippen LogP contribution < -0.4 is 21.5 Å². The summed E-state index contributed by atoms with van der Waals surface area (Å²) in [4.78, 5) is 45.5. The number of aromatic nitrogens is 2. The molecule has 2 aromatic carbocycles. The monoisotopic (exact) mass is 597 g/mol. The van der Waals surface area contributed by atoms with Crippen molar-refractivity contribution in [1.29, 1.82) is 0 Å². The minimum Gasteiger partial charge on any atom is -0.489 e. The van der Waals surface area contributed by atoms with Gasteiger partial charge in [0, 0.05) is 28.3 Å². The number of nitrogens with zero attached hydrogens (tertiary/aromatic N) is 2. The molecule has 43 heavy (non-hydrogen) atoms. The van der Waals surface area contributed by atoms with Crippen LogP contribution in [0, 0.1) is 5.82 Å². The predicted octanol–water partition coefficient (Wildman–Crippen LogP) is 2.85. The fourth-order valence-corrected chi connectivity index (χ4v) is 4.76. The number of carbonyl (C=O) groups is 3. The fourth-order valence-electron chi connectivity index (χ4n) is 4.76. The molecule has 2 atom stereocenters. The molecule has 0 saturated carbocycles. The maximum Gasteiger partial charge on any atom is 0.424 e. The van der Waals surface area contributed by atoms with Gasteiger partial charge >= 0.3 is 6.18 Å². The van der Waals surface area contributed by atoms with Gasteiger partial charge in [-0.3, -0.25) is 19.4 Å². The van der Waals surface area contributed by atoms with Crippen molar-refractivity contribution in [3.05, 3.63) is 89.0 Å². The van der Waals surface area contributed by atoms with E-state index in [2.05, 4.69) is 15.3 Å². The summed E-state index contributed by atoms with van der Waals surface area (Å²) in [5, 5.41) is 13.6. The van der Waals surface area contributed by atoms with Crippen molar-refractivity contribution < 1.29 is 41.8 Å². The van der Waals surface area contributed by atoms with E-state index >= 15 is 0 Å². The number of rotatable bonds is 7. The first-order valence-corrected chi connectivity index (χ1v) is 12.7. The molecule has 2 aromatic heterocycles. The second-order valence-electron chi connectivity index (χ2n) is 10.2. The smallest absolute Gasteiger partial charge is 0.424 e. The van der Waals surface area contributed by atoms with Gasteiger partial charge in [0.05, 0.1) is 23.3 Å². The third kappa shape index (κ3) is 4.99. The van der Waals surface area contributed by atoms with Gasteiger partial charge in [-0.2, -0.15) is 13.2 Å². The summed E-state index contributed by atoms with van der Waals surface area (Å²) in [5.74, 6) is -3.58. The molecule has 1 aliphatic heterocycles. The average Bonchev–Trinajstić information content (AvgIpc) is 3.32. The highest BCUT2D eigenvalue weighted by atomic mass is 19.4. The van der Waals surface area contributed by atoms with Crippen molar-refractivity contribution in [1.82, 2.24) is 15.3 Å². The number of nitrogens with two attached hydrogens (primary N) is 2. The Morgan fingerprint density at radius 1 is 1.09 bits per heavy atom. The Morgan fingerprint density at radius 3 is 2.42 bits per heavy atom. The van der Waals surface area contributed by atoms with Gasteiger partial charge in [0.1, 0.15) is 29.3 Å². The molecule has 4 aromatic rings. The molecule has 3 heterocycles. The Balaban J connectivity index is 1.60. The molecule has 0 saturated heterocycles. The Labute approximate surface area is 240 Å². The molecule has 0 radical (unpaired) electrons. The zero-order valence-corrected chi connectivity index (χ0v) is 22.3. The van der Waals surface area contributed by atoms with Crippen molar-refractivity contribution in [2.24, 2.45) is 11.5 Å². The maximum atomic E-state index is 14.6. The lowest BCUT2D eigenvalue weighted by atomic mass is 9.81. The number of ether oxygens (including phenoxy) is 1. The molecule has 222 valence electrons. The molecule has 6 N–H and O–H groups in total. The maximum absolute atomic E-state index is 14.6. The molecular weight excluding hydrogens is 574 g/mol. The quantitative estimate of drug-likeness (QED) is 0.237. The van der Waals surface area contributed by atoms with Crippen LogP contribution in [0.2, 0.25) is 0 Å². The molecule has 3 amide bonds. The summed E-state index contributed by atoms with van der Waals surface area (Å²) in [6, 6.07) is 10.9. The lowest BCUT2D eigenvalue weighted by molar-refractivity contribution is -0.265. The Kier molecular flexibility index (Phi) is 7.05. The lowest BCUT2D eigenvalue weighted by Crippen LogP contribution is -2.51. The normalized spacial score (nSPS) is 17.5. The van der Waals surface area contributed by atoms with Crippen molar-refractivity contribution in [2.45, 2.75) is 24.1 Å². The van der Waals surface area contributed by atoms with Crippen LogP contribution in [-0.4, -0.2) is 52.1 Å². The van der Waals surface area contributed by atoms with Gasteiger partial charge in [0.15, 0.2) is 0 Å². The van der Waals surface area contributed by atoms with Gasteiger partial charge in [-0.1, -0.05) is 6.07 Å². The largest absolute Gasteiger partial charge is 0.489 e. The van der Waals surface area contributed by atoms with E-state index < -0.39 is 53.0 Å². The van der Waals surface area contributed by atoms with Gasteiger partial charge in [0.2, 0.25) is 11.5 Å². The number of nitrogens with one attached hydrogen (secondary N) is 1. The molecule has 14 heteroatoms. The minimum absolute atomic E-state index is 0.0611. The van der Waals surface area contributed by atoms with Gasteiger partial charge in [-0.15, -0.1) is 0 Å². The molecule has 5 rings (SSSR count). The van der Waals surface area contributed by atoms with E-state index in [9.17, 15) is 37.1 Å². The number of hydrogen-bond donors (Lipinski definition) is 4. The highest BCUT2D eigenvalue weighted by Gasteiger charge is 2.57. The number of halogens is 4. The minimum atomic E-state index is -5.41. The number of hydrogen-bond acceptors (Lipinski definition) is 7. The van der Waals surface area contributed by atoms with Gasteiger partial charge in [-0.25, -0.2) is 9.37 Å². The van der Waals surface area contributed by atoms with Gasteiger partial charge < -0.3 is 26.6 Å². The van der Waals surface area contributed by atoms with Crippen molar-refractivity contribution >= 4 is 28.6 Å². The predicted molar refractivity (Wildman–Crippen MR) is 144 cm³/mol. The Hall–Kier alpha value is -5.11. The highest BCUT2D eigenvalue weighted by Crippen LogP contribution is 2.47. The number of alkyl halides is 3. The van der Waals surface area contributed by atoms with E-state index in [1.54, 1.807) is 0 Å². The van der Waals surface area contributed by atoms with Gasteiger partial charge in [0.25, 0.3) is 11.8 Å². The zero-order valence-electron chi connectivity index (χ0n) is 22.3. The first kappa shape index (κ1) is 29.4. The third-order valence-corrected chi connectivity index (χ3v) is 7.36. The van der Waals surface area contributed by atoms with Crippen LogP contribution in [0.5, 0.6) is 5.75 Å². The number of fused-ring (bicyclic) bond motifs is 2. The van der Waals surface area contributed by atoms with E-state index in [4.69, 9.17) is 16.2 Å². The van der Waals surface area contributed by atoms with Crippen LogP contribution in [0.15, 0.2) is 60.8 Å². The number of benzene rings is 2. The first-order chi connectivity index (χ1) is 20.2. The molecule has 0 unspecified atom stereocenters. The molecule has 0 fully saturated rings. The van der Waals surface area contributed by atoms with Crippen LogP contribution >= 0.6 is 0 Å². The zero-order chi connectivity index (χ0) is 31.3. The van der Waals surface area contributed by atoms with Crippen LogP contribution in [-0.2, 0) is 15.8 Å². The second-order valence-corrected chi connectivity index (χ2v) is 10.2. The fraction of sp³-hybridized carbons (Fsp3) is 0.207. The number of pyridine rings is 2.